The molecule has 1 atom stereocenters. The molecule has 0 aliphatic carbocycles. The highest BCUT2D eigenvalue weighted by Gasteiger charge is 2.55. The average molecular weight is 366 g/mol. The Balaban J connectivity index is 2.46. The molecule has 1 N–H and O–H groups in total. The third-order valence-corrected chi connectivity index (χ3v) is 5.07. The fourth-order valence-electron chi connectivity index (χ4n) is 2.64. The van der Waals surface area contributed by atoms with E-state index in [-0.39, 0.29) is 5.56 Å². The van der Waals surface area contributed by atoms with Gasteiger partial charge in [0, 0.05) is 6.26 Å². The number of halogens is 2. The zero-order valence-electron chi connectivity index (χ0n) is 12.9. The molecule has 0 spiro atoms. The van der Waals surface area contributed by atoms with E-state index in [1.807, 2.05) is 0 Å². The Morgan fingerprint density at radius 3 is 2.08 bits per heavy atom. The lowest BCUT2D eigenvalue weighted by Crippen LogP contribution is -2.39. The molecule has 0 bridgehead atoms. The number of rotatable bonds is 3. The number of carbonyl (C=O) groups is 1. The molecular weight excluding hydrogens is 354 g/mol. The predicted octanol–water partition coefficient (Wildman–Crippen LogP) is 2.12. The Kier molecular flexibility index (Phi) is 3.97. The first-order valence-corrected chi connectivity index (χ1v) is 8.96. The summed E-state index contributed by atoms with van der Waals surface area (Å²) in [5, 5.41) is 7.54. The Hall–Kier alpha value is -2.58. The third kappa shape index (κ3) is 2.63. The molecule has 0 saturated heterocycles. The summed E-state index contributed by atoms with van der Waals surface area (Å²) in [4.78, 5) is 12.3. The first kappa shape index (κ1) is 17.2. The third-order valence-electron chi connectivity index (χ3n) is 3.78. The van der Waals surface area contributed by atoms with Crippen molar-refractivity contribution in [3.63, 3.8) is 0 Å². The topological polar surface area (TPSA) is 80.7 Å². The van der Waals surface area contributed by atoms with Crippen molar-refractivity contribution in [1.29, 1.82) is 0 Å². The summed E-state index contributed by atoms with van der Waals surface area (Å²) < 4.78 is 57.2. The molecule has 1 aliphatic rings. The second kappa shape index (κ2) is 5.75. The van der Waals surface area contributed by atoms with Crippen LogP contribution in [-0.2, 0) is 19.4 Å². The van der Waals surface area contributed by atoms with Crippen LogP contribution in [0.1, 0.15) is 11.1 Å². The van der Waals surface area contributed by atoms with Gasteiger partial charge in [-0.15, -0.1) is 0 Å². The van der Waals surface area contributed by atoms with Crippen molar-refractivity contribution < 1.29 is 31.8 Å². The normalized spacial score (nSPS) is 20.7. The van der Waals surface area contributed by atoms with Gasteiger partial charge in [0.25, 0.3) is 0 Å². The van der Waals surface area contributed by atoms with Gasteiger partial charge in [0.2, 0.25) is 9.84 Å². The maximum Gasteiger partial charge on any atom is 0.343 e. The minimum atomic E-state index is -4.39. The van der Waals surface area contributed by atoms with E-state index >= 15 is 0 Å². The Labute approximate surface area is 142 Å². The Morgan fingerprint density at radius 1 is 1.00 bits per heavy atom. The van der Waals surface area contributed by atoms with E-state index in [1.54, 1.807) is 6.07 Å². The van der Waals surface area contributed by atoms with Crippen molar-refractivity contribution in [1.82, 2.24) is 0 Å². The minimum Gasteiger partial charge on any atom is -0.410 e. The van der Waals surface area contributed by atoms with Crippen molar-refractivity contribution >= 4 is 27.0 Å². The zero-order chi connectivity index (χ0) is 18.4. The quantitative estimate of drug-likeness (QED) is 0.842. The molecule has 0 radical (unpaired) electrons. The van der Waals surface area contributed by atoms with E-state index in [0.717, 1.165) is 18.2 Å². The number of aliphatic hydroxyl groups is 1. The molecular formula is C17H12F2O5S. The molecule has 3 rings (SSSR count). The molecule has 1 unspecified atom stereocenters. The van der Waals surface area contributed by atoms with Crippen molar-refractivity contribution in [3.8, 4) is 0 Å². The number of hydrogen-bond acceptors (Lipinski definition) is 5. The zero-order valence-corrected chi connectivity index (χ0v) is 13.7. The van der Waals surface area contributed by atoms with Gasteiger partial charge in [0.1, 0.15) is 11.6 Å². The number of benzene rings is 2. The van der Waals surface area contributed by atoms with Gasteiger partial charge in [-0.3, -0.25) is 0 Å². The second-order valence-electron chi connectivity index (χ2n) is 5.46. The van der Waals surface area contributed by atoms with Gasteiger partial charge in [-0.1, -0.05) is 36.4 Å². The molecule has 0 aromatic heterocycles. The number of ether oxygens (including phenoxy) is 1. The molecule has 8 heteroatoms. The molecule has 0 fully saturated rings. The van der Waals surface area contributed by atoms with Crippen molar-refractivity contribution in [2.45, 2.75) is 5.12 Å². The SMILES string of the molecule is CS(=O)(=O)C1(O)OC(=O)C(c2c(F)cccc2F)=C1c1ccccc1. The highest BCUT2D eigenvalue weighted by Crippen LogP contribution is 2.46. The van der Waals surface area contributed by atoms with E-state index in [4.69, 9.17) is 0 Å². The monoisotopic (exact) mass is 366 g/mol. The largest absolute Gasteiger partial charge is 0.410 e. The number of esters is 1. The first-order valence-electron chi connectivity index (χ1n) is 7.06. The fourth-order valence-corrected chi connectivity index (χ4v) is 3.46. The van der Waals surface area contributed by atoms with Crippen molar-refractivity contribution in [3.05, 3.63) is 71.3 Å². The summed E-state index contributed by atoms with van der Waals surface area (Å²) in [6.45, 7) is 0. The lowest BCUT2D eigenvalue weighted by molar-refractivity contribution is -0.155. The van der Waals surface area contributed by atoms with Gasteiger partial charge in [0.05, 0.1) is 16.7 Å². The molecule has 0 amide bonds. The molecule has 2 aromatic carbocycles. The Bertz CT molecular complexity index is 979. The average Bonchev–Trinajstić information content (AvgIpc) is 2.80. The van der Waals surface area contributed by atoms with E-state index in [2.05, 4.69) is 4.74 Å². The summed E-state index contributed by atoms with van der Waals surface area (Å²) in [6, 6.07) is 10.4. The first-order chi connectivity index (χ1) is 11.7. The predicted molar refractivity (Wildman–Crippen MR) is 85.5 cm³/mol. The summed E-state index contributed by atoms with van der Waals surface area (Å²) in [5.41, 5.74) is -1.87. The number of cyclic esters (lactones) is 1. The van der Waals surface area contributed by atoms with E-state index in [1.165, 1.54) is 24.3 Å². The lowest BCUT2D eigenvalue weighted by atomic mass is 9.95. The maximum atomic E-state index is 14.2. The van der Waals surface area contributed by atoms with Gasteiger partial charge < -0.3 is 9.84 Å². The summed E-state index contributed by atoms with van der Waals surface area (Å²) in [5.74, 6) is -3.51. The molecule has 5 nitrogen and oxygen atoms in total. The smallest absolute Gasteiger partial charge is 0.343 e. The van der Waals surface area contributed by atoms with Crippen molar-refractivity contribution in [2.24, 2.45) is 0 Å². The second-order valence-corrected chi connectivity index (χ2v) is 7.55. The highest BCUT2D eigenvalue weighted by molar-refractivity contribution is 7.92. The van der Waals surface area contributed by atoms with Gasteiger partial charge in [-0.05, 0) is 17.7 Å². The van der Waals surface area contributed by atoms with Crippen LogP contribution in [0.5, 0.6) is 0 Å². The van der Waals surface area contributed by atoms with Crippen LogP contribution in [0.15, 0.2) is 48.5 Å². The minimum absolute atomic E-state index is 0.0823. The van der Waals surface area contributed by atoms with Crippen LogP contribution in [0.2, 0.25) is 0 Å². The van der Waals surface area contributed by atoms with Gasteiger partial charge in [-0.2, -0.15) is 0 Å². The van der Waals surface area contributed by atoms with Crippen LogP contribution in [0.25, 0.3) is 11.1 Å². The number of hydrogen-bond donors (Lipinski definition) is 1. The standard InChI is InChI=1S/C17H12F2O5S/c1-25(22,23)17(21)15(10-6-3-2-4-7-10)14(16(20)24-17)13-11(18)8-5-9-12(13)19/h2-9,21H,1H3. The van der Waals surface area contributed by atoms with Crippen LogP contribution in [0.3, 0.4) is 0 Å². The Morgan fingerprint density at radius 2 is 1.56 bits per heavy atom. The molecule has 1 aliphatic heterocycles. The van der Waals surface area contributed by atoms with Gasteiger partial charge >= 0.3 is 11.1 Å². The highest BCUT2D eigenvalue weighted by atomic mass is 32.2. The fraction of sp³-hybridized carbons (Fsp3) is 0.118. The summed E-state index contributed by atoms with van der Waals surface area (Å²) >= 11 is 0. The summed E-state index contributed by atoms with van der Waals surface area (Å²) in [6.07, 6.45) is 0.657. The lowest BCUT2D eigenvalue weighted by Gasteiger charge is -2.22. The van der Waals surface area contributed by atoms with Crippen LogP contribution >= 0.6 is 0 Å². The van der Waals surface area contributed by atoms with Crippen LogP contribution in [0.4, 0.5) is 8.78 Å². The van der Waals surface area contributed by atoms with Crippen molar-refractivity contribution in [2.75, 3.05) is 6.26 Å². The molecule has 130 valence electrons. The van der Waals surface area contributed by atoms with Crippen LogP contribution in [-0.4, -0.2) is 30.9 Å². The van der Waals surface area contributed by atoms with Crippen LogP contribution < -0.4 is 0 Å². The maximum absolute atomic E-state index is 14.2. The van der Waals surface area contributed by atoms with E-state index in [0.29, 0.717) is 6.26 Å². The van der Waals surface area contributed by atoms with E-state index < -0.39 is 49.3 Å². The molecule has 0 saturated carbocycles. The molecule has 2 aromatic rings. The molecule has 25 heavy (non-hydrogen) atoms. The van der Waals surface area contributed by atoms with Gasteiger partial charge in [0.15, 0.2) is 0 Å². The number of sulfone groups is 1. The summed E-state index contributed by atoms with van der Waals surface area (Å²) in [7, 11) is -4.39. The van der Waals surface area contributed by atoms with E-state index in [9.17, 15) is 27.1 Å². The van der Waals surface area contributed by atoms with Crippen LogP contribution in [0, 0.1) is 11.6 Å². The van der Waals surface area contributed by atoms with Gasteiger partial charge in [-0.25, -0.2) is 22.0 Å². The number of carbonyl (C=O) groups excluding carboxylic acids is 1. The molecule has 1 heterocycles.